The van der Waals surface area contributed by atoms with Crippen molar-refractivity contribution in [3.63, 3.8) is 0 Å². The van der Waals surface area contributed by atoms with Crippen LogP contribution in [0.15, 0.2) is 30.3 Å². The highest BCUT2D eigenvalue weighted by Crippen LogP contribution is 2.25. The van der Waals surface area contributed by atoms with Crippen molar-refractivity contribution in [2.75, 3.05) is 6.54 Å². The number of aromatic nitrogens is 3. The minimum absolute atomic E-state index is 0.888. The van der Waals surface area contributed by atoms with E-state index in [2.05, 4.69) is 54.2 Å². The van der Waals surface area contributed by atoms with Gasteiger partial charge in [0.25, 0.3) is 0 Å². The average Bonchev–Trinajstić information content (AvgIpc) is 2.79. The minimum Gasteiger partial charge on any atom is -0.311 e. The zero-order valence-electron chi connectivity index (χ0n) is 13.1. The predicted molar refractivity (Wildman–Crippen MR) is 88.8 cm³/mol. The molecule has 22 heavy (non-hydrogen) atoms. The van der Waals surface area contributed by atoms with Crippen LogP contribution in [0.2, 0.25) is 0 Å². The number of hydrogen-bond donors (Lipinski definition) is 1. The van der Waals surface area contributed by atoms with Gasteiger partial charge in [-0.15, -0.1) is 0 Å². The Morgan fingerprint density at radius 2 is 2.00 bits per heavy atom. The summed E-state index contributed by atoms with van der Waals surface area (Å²) in [5, 5.41) is 9.42. The van der Waals surface area contributed by atoms with Crippen LogP contribution in [0.5, 0.6) is 0 Å². The lowest BCUT2D eigenvalue weighted by molar-refractivity contribution is 0.589. The number of nitrogens with one attached hydrogen (secondary N) is 1. The number of nitrogens with zero attached hydrogens (tertiary/aromatic N) is 3. The molecule has 0 aliphatic carbocycles. The normalized spacial score (nSPS) is 14.8. The Kier molecular flexibility index (Phi) is 3.19. The lowest BCUT2D eigenvalue weighted by atomic mass is 10.1. The molecule has 0 fully saturated rings. The van der Waals surface area contributed by atoms with Crippen molar-refractivity contribution in [2.24, 2.45) is 0 Å². The molecule has 0 bridgehead atoms. The summed E-state index contributed by atoms with van der Waals surface area (Å²) < 4.78 is 2.12. The van der Waals surface area contributed by atoms with Gasteiger partial charge < -0.3 is 5.32 Å². The van der Waals surface area contributed by atoms with Crippen LogP contribution in [0.3, 0.4) is 0 Å². The molecular formula is C18H20N4. The van der Waals surface area contributed by atoms with Gasteiger partial charge in [-0.2, -0.15) is 5.10 Å². The predicted octanol–water partition coefficient (Wildman–Crippen LogP) is 3.21. The van der Waals surface area contributed by atoms with Gasteiger partial charge in [0.1, 0.15) is 5.69 Å². The first-order valence-electron chi connectivity index (χ1n) is 7.86. The van der Waals surface area contributed by atoms with Gasteiger partial charge in [0.05, 0.1) is 16.9 Å². The molecule has 0 saturated carbocycles. The molecule has 4 rings (SSSR count). The van der Waals surface area contributed by atoms with Gasteiger partial charge in [0.2, 0.25) is 0 Å². The Morgan fingerprint density at radius 3 is 2.91 bits per heavy atom. The highest BCUT2D eigenvalue weighted by Gasteiger charge is 2.14. The average molecular weight is 292 g/mol. The molecule has 0 amide bonds. The molecule has 4 heteroatoms. The van der Waals surface area contributed by atoms with Gasteiger partial charge in [-0.3, -0.25) is 4.68 Å². The van der Waals surface area contributed by atoms with E-state index < -0.39 is 0 Å². The fourth-order valence-corrected chi connectivity index (χ4v) is 3.13. The molecule has 0 spiro atoms. The Balaban J connectivity index is 1.82. The van der Waals surface area contributed by atoms with Gasteiger partial charge in [0.15, 0.2) is 0 Å². The molecule has 0 atom stereocenters. The number of fused-ring (bicyclic) bond motifs is 2. The standard InChI is InChI=1S/C18H20N4/c1-12-4-5-16-15(8-12)13(2)9-17(20-16)18-10-14-11-19-6-3-7-22(14)21-18/h4-5,8-10,19H,3,6-7,11H2,1-2H3. The Bertz CT molecular complexity index is 824. The molecule has 1 aliphatic rings. The summed E-state index contributed by atoms with van der Waals surface area (Å²) in [6.07, 6.45) is 1.12. The van der Waals surface area contributed by atoms with Crippen molar-refractivity contribution in [3.05, 3.63) is 47.2 Å². The molecule has 1 aliphatic heterocycles. The highest BCUT2D eigenvalue weighted by molar-refractivity contribution is 5.85. The fourth-order valence-electron chi connectivity index (χ4n) is 3.13. The van der Waals surface area contributed by atoms with Crippen LogP contribution in [-0.4, -0.2) is 21.3 Å². The summed E-state index contributed by atoms with van der Waals surface area (Å²) >= 11 is 0. The summed E-state index contributed by atoms with van der Waals surface area (Å²) in [7, 11) is 0. The van der Waals surface area contributed by atoms with E-state index in [4.69, 9.17) is 10.1 Å². The first kappa shape index (κ1) is 13.5. The zero-order valence-corrected chi connectivity index (χ0v) is 13.1. The monoisotopic (exact) mass is 292 g/mol. The van der Waals surface area contributed by atoms with E-state index in [1.165, 1.54) is 22.2 Å². The number of benzene rings is 1. The van der Waals surface area contributed by atoms with Crippen LogP contribution in [0.25, 0.3) is 22.3 Å². The van der Waals surface area contributed by atoms with E-state index in [-0.39, 0.29) is 0 Å². The van der Waals surface area contributed by atoms with Gasteiger partial charge >= 0.3 is 0 Å². The molecule has 0 unspecified atom stereocenters. The molecule has 0 saturated heterocycles. The lowest BCUT2D eigenvalue weighted by Crippen LogP contribution is -2.11. The maximum absolute atomic E-state index is 4.82. The van der Waals surface area contributed by atoms with Crippen LogP contribution in [0, 0.1) is 13.8 Å². The molecule has 1 N–H and O–H groups in total. The molecule has 4 nitrogen and oxygen atoms in total. The fraction of sp³-hybridized carbons (Fsp3) is 0.333. The minimum atomic E-state index is 0.888. The van der Waals surface area contributed by atoms with Gasteiger partial charge in [-0.1, -0.05) is 11.6 Å². The number of pyridine rings is 1. The maximum atomic E-state index is 4.82. The van der Waals surface area contributed by atoms with E-state index in [9.17, 15) is 0 Å². The van der Waals surface area contributed by atoms with Crippen molar-refractivity contribution in [3.8, 4) is 11.4 Å². The summed E-state index contributed by atoms with van der Waals surface area (Å²) in [5.41, 5.74) is 6.76. The molecule has 112 valence electrons. The Labute approximate surface area is 130 Å². The summed E-state index contributed by atoms with van der Waals surface area (Å²) in [4.78, 5) is 4.82. The first-order valence-corrected chi connectivity index (χ1v) is 7.86. The first-order chi connectivity index (χ1) is 10.7. The largest absolute Gasteiger partial charge is 0.311 e. The second kappa shape index (κ2) is 5.21. The molecule has 3 heterocycles. The summed E-state index contributed by atoms with van der Waals surface area (Å²) in [6, 6.07) is 10.7. The van der Waals surface area contributed by atoms with E-state index >= 15 is 0 Å². The number of hydrogen-bond acceptors (Lipinski definition) is 3. The van der Waals surface area contributed by atoms with Gasteiger partial charge in [-0.05, 0) is 56.6 Å². The van der Waals surface area contributed by atoms with E-state index in [1.807, 2.05) is 0 Å². The summed E-state index contributed by atoms with van der Waals surface area (Å²) in [5.74, 6) is 0. The van der Waals surface area contributed by atoms with Gasteiger partial charge in [-0.25, -0.2) is 4.98 Å². The van der Waals surface area contributed by atoms with Crippen molar-refractivity contribution < 1.29 is 0 Å². The van der Waals surface area contributed by atoms with Crippen LogP contribution < -0.4 is 5.32 Å². The molecular weight excluding hydrogens is 272 g/mol. The quantitative estimate of drug-likeness (QED) is 0.749. The smallest absolute Gasteiger partial charge is 0.111 e. The van der Waals surface area contributed by atoms with Crippen LogP contribution in [-0.2, 0) is 13.1 Å². The van der Waals surface area contributed by atoms with E-state index in [1.54, 1.807) is 0 Å². The van der Waals surface area contributed by atoms with Crippen molar-refractivity contribution in [1.29, 1.82) is 0 Å². The van der Waals surface area contributed by atoms with Crippen LogP contribution in [0.4, 0.5) is 0 Å². The molecule has 0 radical (unpaired) electrons. The number of aryl methyl sites for hydroxylation is 3. The Hall–Kier alpha value is -2.20. The van der Waals surface area contributed by atoms with Crippen LogP contribution >= 0.6 is 0 Å². The third kappa shape index (κ3) is 2.29. The van der Waals surface area contributed by atoms with Gasteiger partial charge in [0, 0.05) is 18.5 Å². The molecule has 2 aromatic heterocycles. The van der Waals surface area contributed by atoms with E-state index in [0.717, 1.165) is 43.0 Å². The summed E-state index contributed by atoms with van der Waals surface area (Å²) in [6.45, 7) is 7.19. The molecule has 3 aromatic rings. The maximum Gasteiger partial charge on any atom is 0.111 e. The zero-order chi connectivity index (χ0) is 15.1. The molecule has 1 aromatic carbocycles. The van der Waals surface area contributed by atoms with Crippen LogP contribution in [0.1, 0.15) is 23.2 Å². The van der Waals surface area contributed by atoms with Crippen molar-refractivity contribution >= 4 is 10.9 Å². The third-order valence-electron chi connectivity index (χ3n) is 4.33. The van der Waals surface area contributed by atoms with Crippen molar-refractivity contribution in [2.45, 2.75) is 33.4 Å². The number of rotatable bonds is 1. The second-order valence-electron chi connectivity index (χ2n) is 6.12. The SMILES string of the molecule is Cc1ccc2nc(-c3cc4n(n3)CCCNC4)cc(C)c2c1. The van der Waals surface area contributed by atoms with Crippen molar-refractivity contribution in [1.82, 2.24) is 20.1 Å². The van der Waals surface area contributed by atoms with E-state index in [0.29, 0.717) is 0 Å². The third-order valence-corrected chi connectivity index (χ3v) is 4.33. The topological polar surface area (TPSA) is 42.7 Å². The second-order valence-corrected chi connectivity index (χ2v) is 6.12. The highest BCUT2D eigenvalue weighted by atomic mass is 15.3. The Morgan fingerprint density at radius 1 is 1.09 bits per heavy atom. The lowest BCUT2D eigenvalue weighted by Gasteiger charge is -2.06.